The molecule has 3 aliphatic rings. The van der Waals surface area contributed by atoms with Crippen molar-refractivity contribution < 1.29 is 18.0 Å². The number of hydrogen-bond acceptors (Lipinski definition) is 4. The lowest BCUT2D eigenvalue weighted by atomic mass is 9.94. The smallest absolute Gasteiger partial charge is 0.242 e. The number of carbonyl (C=O) groups excluding carboxylic acids is 2. The van der Waals surface area contributed by atoms with Crippen LogP contribution in [0.25, 0.3) is 0 Å². The van der Waals surface area contributed by atoms with Gasteiger partial charge in [-0.2, -0.15) is 0 Å². The molecular weight excluding hydrogens is 400 g/mol. The van der Waals surface area contributed by atoms with Crippen molar-refractivity contribution in [2.75, 3.05) is 6.54 Å². The van der Waals surface area contributed by atoms with Crippen LogP contribution in [0.1, 0.15) is 51.4 Å². The van der Waals surface area contributed by atoms with E-state index in [1.165, 1.54) is 30.7 Å². The lowest BCUT2D eigenvalue weighted by Gasteiger charge is -2.31. The molecule has 4 rings (SSSR count). The Kier molecular flexibility index (Phi) is 5.16. The summed E-state index contributed by atoms with van der Waals surface area (Å²) in [5, 5.41) is 3.31. The Bertz CT molecular complexity index is 874. The lowest BCUT2D eigenvalue weighted by molar-refractivity contribution is -0.130. The van der Waals surface area contributed by atoms with Gasteiger partial charge >= 0.3 is 0 Å². The van der Waals surface area contributed by atoms with E-state index in [1.54, 1.807) is 0 Å². The standard InChI is InChI=1S/C20H25ClN2O4S/c21-14-6-8-17(9-7-14)28(26,27)20(10-11-20)19(25)22-15-12-18(24)23(13-15)16-4-2-1-3-5-16/h6-9,15-16H,1-5,10-13H2,(H,22,25). The van der Waals surface area contributed by atoms with Crippen LogP contribution in [0.15, 0.2) is 29.2 Å². The number of likely N-dealkylation sites (tertiary alicyclic amines) is 1. The van der Waals surface area contributed by atoms with E-state index >= 15 is 0 Å². The molecule has 1 unspecified atom stereocenters. The summed E-state index contributed by atoms with van der Waals surface area (Å²) in [4.78, 5) is 27.3. The van der Waals surface area contributed by atoms with E-state index in [-0.39, 0.29) is 29.3 Å². The second kappa shape index (κ2) is 7.34. The maximum atomic E-state index is 13.0. The van der Waals surface area contributed by atoms with Crippen LogP contribution in [-0.4, -0.2) is 48.5 Å². The molecule has 28 heavy (non-hydrogen) atoms. The number of benzene rings is 1. The maximum absolute atomic E-state index is 13.0. The first-order chi connectivity index (χ1) is 13.3. The molecule has 1 saturated heterocycles. The van der Waals surface area contributed by atoms with Crippen LogP contribution in [-0.2, 0) is 19.4 Å². The molecule has 6 nitrogen and oxygen atoms in total. The minimum absolute atomic E-state index is 0.0580. The molecule has 1 aromatic carbocycles. The van der Waals surface area contributed by atoms with E-state index in [0.29, 0.717) is 24.4 Å². The van der Waals surface area contributed by atoms with Gasteiger partial charge < -0.3 is 10.2 Å². The van der Waals surface area contributed by atoms with E-state index in [9.17, 15) is 18.0 Å². The summed E-state index contributed by atoms with van der Waals surface area (Å²) < 4.78 is 24.7. The summed E-state index contributed by atoms with van der Waals surface area (Å²) >= 11 is 5.85. The molecular formula is C20H25ClN2O4S. The molecule has 1 heterocycles. The Morgan fingerprint density at radius 2 is 1.75 bits per heavy atom. The van der Waals surface area contributed by atoms with E-state index in [4.69, 9.17) is 11.6 Å². The van der Waals surface area contributed by atoms with Gasteiger partial charge in [-0.1, -0.05) is 30.9 Å². The summed E-state index contributed by atoms with van der Waals surface area (Å²) in [6, 6.07) is 5.85. The number of rotatable bonds is 5. The Labute approximate surface area is 170 Å². The van der Waals surface area contributed by atoms with Gasteiger partial charge in [0.2, 0.25) is 11.8 Å². The molecule has 1 N–H and O–H groups in total. The van der Waals surface area contributed by atoms with E-state index in [1.807, 2.05) is 4.90 Å². The van der Waals surface area contributed by atoms with Crippen molar-refractivity contribution in [1.29, 1.82) is 0 Å². The fourth-order valence-electron chi connectivity index (χ4n) is 4.46. The largest absolute Gasteiger partial charge is 0.350 e. The third-order valence-electron chi connectivity index (χ3n) is 6.27. The zero-order valence-corrected chi connectivity index (χ0v) is 17.3. The van der Waals surface area contributed by atoms with Crippen molar-refractivity contribution in [2.24, 2.45) is 0 Å². The van der Waals surface area contributed by atoms with Crippen molar-refractivity contribution in [2.45, 2.75) is 73.1 Å². The van der Waals surface area contributed by atoms with Crippen LogP contribution in [0, 0.1) is 0 Å². The molecule has 2 saturated carbocycles. The molecule has 0 bridgehead atoms. The topological polar surface area (TPSA) is 83.5 Å². The average molecular weight is 425 g/mol. The van der Waals surface area contributed by atoms with E-state index in [2.05, 4.69) is 5.32 Å². The Morgan fingerprint density at radius 3 is 2.36 bits per heavy atom. The van der Waals surface area contributed by atoms with Gasteiger partial charge in [-0.3, -0.25) is 9.59 Å². The highest BCUT2D eigenvalue weighted by atomic mass is 35.5. The van der Waals surface area contributed by atoms with Crippen molar-refractivity contribution in [3.05, 3.63) is 29.3 Å². The molecule has 0 radical (unpaired) electrons. The van der Waals surface area contributed by atoms with Crippen LogP contribution in [0.5, 0.6) is 0 Å². The highest BCUT2D eigenvalue weighted by Gasteiger charge is 2.61. The molecule has 2 aliphatic carbocycles. The molecule has 0 spiro atoms. The number of amides is 2. The zero-order chi connectivity index (χ0) is 19.9. The molecule has 1 atom stereocenters. The minimum atomic E-state index is -3.80. The molecule has 152 valence electrons. The summed E-state index contributed by atoms with van der Waals surface area (Å²) in [5.74, 6) is -0.423. The molecule has 0 aromatic heterocycles. The Balaban J connectivity index is 1.45. The fraction of sp³-hybridized carbons (Fsp3) is 0.600. The first kappa shape index (κ1) is 19.7. The lowest BCUT2D eigenvalue weighted by Crippen LogP contribution is -2.48. The van der Waals surface area contributed by atoms with Crippen LogP contribution in [0.3, 0.4) is 0 Å². The predicted molar refractivity (Wildman–Crippen MR) is 106 cm³/mol. The molecule has 8 heteroatoms. The van der Waals surface area contributed by atoms with Crippen LogP contribution < -0.4 is 5.32 Å². The van der Waals surface area contributed by atoms with Gasteiger partial charge in [0.25, 0.3) is 0 Å². The van der Waals surface area contributed by atoms with Gasteiger partial charge in [0.15, 0.2) is 14.6 Å². The first-order valence-electron chi connectivity index (χ1n) is 9.94. The molecule has 2 amide bonds. The molecule has 3 fully saturated rings. The van der Waals surface area contributed by atoms with Crippen LogP contribution in [0.4, 0.5) is 0 Å². The number of carbonyl (C=O) groups is 2. The van der Waals surface area contributed by atoms with Gasteiger partial charge in [0.1, 0.15) is 0 Å². The highest BCUT2D eigenvalue weighted by molar-refractivity contribution is 7.94. The van der Waals surface area contributed by atoms with Gasteiger partial charge in [-0.25, -0.2) is 8.42 Å². The van der Waals surface area contributed by atoms with Crippen molar-refractivity contribution in [1.82, 2.24) is 10.2 Å². The van der Waals surface area contributed by atoms with Crippen molar-refractivity contribution >= 4 is 33.3 Å². The van der Waals surface area contributed by atoms with E-state index < -0.39 is 20.5 Å². The predicted octanol–water partition coefficient (Wildman–Crippen LogP) is 2.70. The average Bonchev–Trinajstić information content (AvgIpc) is 3.43. The summed E-state index contributed by atoms with van der Waals surface area (Å²) in [5.41, 5.74) is 0. The number of halogens is 1. The van der Waals surface area contributed by atoms with Crippen LogP contribution >= 0.6 is 11.6 Å². The van der Waals surface area contributed by atoms with Crippen molar-refractivity contribution in [3.63, 3.8) is 0 Å². The Hall–Kier alpha value is -1.60. The number of nitrogens with one attached hydrogen (secondary N) is 1. The quantitative estimate of drug-likeness (QED) is 0.787. The van der Waals surface area contributed by atoms with Gasteiger partial charge in [0.05, 0.1) is 10.9 Å². The fourth-order valence-corrected chi connectivity index (χ4v) is 6.48. The van der Waals surface area contributed by atoms with Crippen molar-refractivity contribution in [3.8, 4) is 0 Å². The number of sulfone groups is 1. The molecule has 1 aromatic rings. The number of nitrogens with zero attached hydrogens (tertiary/aromatic N) is 1. The monoisotopic (exact) mass is 424 g/mol. The maximum Gasteiger partial charge on any atom is 0.242 e. The zero-order valence-electron chi connectivity index (χ0n) is 15.7. The SMILES string of the molecule is O=C1CC(NC(=O)C2(S(=O)(=O)c3ccc(Cl)cc3)CC2)CN1C1CCCCC1. The van der Waals surface area contributed by atoms with Gasteiger partial charge in [0, 0.05) is 24.0 Å². The summed E-state index contributed by atoms with van der Waals surface area (Å²) in [6.45, 7) is 0.478. The second-order valence-electron chi connectivity index (χ2n) is 8.16. The third-order valence-corrected chi connectivity index (χ3v) is 9.03. The summed E-state index contributed by atoms with van der Waals surface area (Å²) in [7, 11) is -3.80. The first-order valence-corrected chi connectivity index (χ1v) is 11.8. The Morgan fingerprint density at radius 1 is 1.11 bits per heavy atom. The number of hydrogen-bond donors (Lipinski definition) is 1. The summed E-state index contributed by atoms with van der Waals surface area (Å²) in [6.07, 6.45) is 6.36. The molecule has 1 aliphatic heterocycles. The minimum Gasteiger partial charge on any atom is -0.350 e. The normalized spacial score (nSPS) is 25.0. The van der Waals surface area contributed by atoms with Gasteiger partial charge in [-0.15, -0.1) is 0 Å². The highest BCUT2D eigenvalue weighted by Crippen LogP contribution is 2.47. The third kappa shape index (κ3) is 3.43. The van der Waals surface area contributed by atoms with Gasteiger partial charge in [-0.05, 0) is 49.9 Å². The van der Waals surface area contributed by atoms with Crippen LogP contribution in [0.2, 0.25) is 5.02 Å². The van der Waals surface area contributed by atoms with E-state index in [0.717, 1.165) is 25.7 Å². The second-order valence-corrected chi connectivity index (χ2v) is 10.9.